The summed E-state index contributed by atoms with van der Waals surface area (Å²) in [6.45, 7) is 1.39. The summed E-state index contributed by atoms with van der Waals surface area (Å²) in [5.74, 6) is -6.13. The van der Waals surface area contributed by atoms with Gasteiger partial charge in [0.2, 0.25) is 0 Å². The Morgan fingerprint density at radius 3 is 1.44 bits per heavy atom. The molecule has 0 saturated carbocycles. The molecule has 0 aromatic heterocycles. The third-order valence-electron chi connectivity index (χ3n) is 8.60. The molecule has 0 radical (unpaired) electrons. The Labute approximate surface area is 352 Å². The zero-order valence-corrected chi connectivity index (χ0v) is 33.6. The molecular formula is C38H30Cl6F6N2O5. The van der Waals surface area contributed by atoms with E-state index in [0.29, 0.717) is 55.9 Å². The first-order valence-electron chi connectivity index (χ1n) is 16.7. The van der Waals surface area contributed by atoms with Crippen molar-refractivity contribution < 1.29 is 50.6 Å². The fourth-order valence-electron chi connectivity index (χ4n) is 5.96. The maximum atomic E-state index is 11.9. The lowest BCUT2D eigenvalue weighted by atomic mass is 9.93. The first-order valence-corrected chi connectivity index (χ1v) is 18.9. The van der Waals surface area contributed by atoms with Gasteiger partial charge in [-0.1, -0.05) is 93.9 Å². The van der Waals surface area contributed by atoms with Crippen molar-refractivity contribution >= 4 is 98.7 Å². The highest BCUT2D eigenvalue weighted by atomic mass is 35.5. The van der Waals surface area contributed by atoms with Gasteiger partial charge in [-0.05, 0) is 84.6 Å². The van der Waals surface area contributed by atoms with E-state index in [1.54, 1.807) is 12.1 Å². The van der Waals surface area contributed by atoms with Gasteiger partial charge in [-0.2, -0.15) is 26.3 Å². The number of hydrogen-bond acceptors (Lipinski definition) is 7. The number of carbonyl (C=O) groups excluding carboxylic acids is 3. The number of rotatable bonds is 4. The number of alkyl halides is 6. The third-order valence-corrected chi connectivity index (χ3v) is 10.2. The van der Waals surface area contributed by atoms with Gasteiger partial charge in [-0.25, -0.2) is 9.59 Å². The Balaban J connectivity index is 0.000000197. The van der Waals surface area contributed by atoms with E-state index >= 15 is 0 Å². The number of ether oxygens (including phenoxy) is 1. The lowest BCUT2D eigenvalue weighted by Crippen LogP contribution is -2.39. The van der Waals surface area contributed by atoms with E-state index in [9.17, 15) is 45.8 Å². The zero-order chi connectivity index (χ0) is 42.2. The normalized spacial score (nSPS) is 18.5. The van der Waals surface area contributed by atoms with Crippen LogP contribution >= 0.6 is 69.6 Å². The number of halogens is 12. The number of nitrogens with zero attached hydrogens (tertiary/aromatic N) is 2. The maximum Gasteiger partial charge on any atom is 0.491 e. The quantitative estimate of drug-likeness (QED) is 0.124. The lowest BCUT2D eigenvalue weighted by Gasteiger charge is -2.40. The summed E-state index contributed by atoms with van der Waals surface area (Å²) in [5.41, 5.74) is 4.02. The van der Waals surface area contributed by atoms with Crippen molar-refractivity contribution in [2.45, 2.75) is 56.2 Å². The maximum absolute atomic E-state index is 11.9. The molecule has 4 aromatic rings. The number of ketones is 1. The Kier molecular flexibility index (Phi) is 16.2. The van der Waals surface area contributed by atoms with Crippen molar-refractivity contribution in [3.8, 4) is 0 Å². The van der Waals surface area contributed by atoms with Crippen LogP contribution in [0.5, 0.6) is 0 Å². The molecule has 2 aliphatic rings. The van der Waals surface area contributed by atoms with Gasteiger partial charge >= 0.3 is 24.3 Å². The zero-order valence-electron chi connectivity index (χ0n) is 29.1. The van der Waals surface area contributed by atoms with Crippen LogP contribution in [-0.2, 0) is 19.1 Å². The number of aliphatic hydroxyl groups is 1. The Bertz CT molecular complexity index is 2010. The summed E-state index contributed by atoms with van der Waals surface area (Å²) in [6.07, 6.45) is -9.15. The second-order valence-corrected chi connectivity index (χ2v) is 15.1. The van der Waals surface area contributed by atoms with Crippen LogP contribution in [0, 0.1) is 0 Å². The van der Waals surface area contributed by atoms with Crippen LogP contribution in [0.1, 0.15) is 48.9 Å². The van der Waals surface area contributed by atoms with E-state index < -0.39 is 24.3 Å². The minimum Gasteiger partial charge on any atom is -0.393 e. The SMILES string of the molecule is O=C(OC(=O)C(F)(F)F)C(F)(F)F.O=C1CCN(c2ccc(Cl)cc2Cl)C(c2ccc(Cl)cc2)C1.OC1CCN(c2ccc(Cl)cc2Cl)C(c2ccc(Cl)cc2)C1. The molecule has 0 spiro atoms. The van der Waals surface area contributed by atoms with Crippen LogP contribution in [0.2, 0.25) is 30.1 Å². The topological polar surface area (TPSA) is 87.2 Å². The summed E-state index contributed by atoms with van der Waals surface area (Å²) < 4.78 is 69.7. The molecule has 2 fully saturated rings. The van der Waals surface area contributed by atoms with E-state index in [2.05, 4.69) is 14.5 Å². The van der Waals surface area contributed by atoms with Gasteiger partial charge in [0.25, 0.3) is 0 Å². The van der Waals surface area contributed by atoms with Gasteiger partial charge in [-0.3, -0.25) is 4.79 Å². The van der Waals surface area contributed by atoms with Gasteiger partial charge in [-0.15, -0.1) is 0 Å². The Morgan fingerprint density at radius 1 is 0.614 bits per heavy atom. The number of piperidine rings is 2. The fraction of sp³-hybridized carbons (Fsp3) is 0.289. The number of carbonyl (C=O) groups is 3. The van der Waals surface area contributed by atoms with Gasteiger partial charge < -0.3 is 19.6 Å². The van der Waals surface area contributed by atoms with Gasteiger partial charge in [0.1, 0.15) is 5.78 Å². The number of anilines is 2. The second-order valence-electron chi connectivity index (χ2n) is 12.6. The smallest absolute Gasteiger partial charge is 0.393 e. The number of aliphatic hydroxyl groups excluding tert-OH is 1. The van der Waals surface area contributed by atoms with E-state index in [1.165, 1.54) is 0 Å². The average molecular weight is 921 g/mol. The van der Waals surface area contributed by atoms with Crippen LogP contribution in [0.15, 0.2) is 84.9 Å². The van der Waals surface area contributed by atoms with Gasteiger partial charge in [0.05, 0.1) is 39.6 Å². The van der Waals surface area contributed by atoms with Crippen LogP contribution in [0.3, 0.4) is 0 Å². The monoisotopic (exact) mass is 918 g/mol. The van der Waals surface area contributed by atoms with Crippen molar-refractivity contribution in [2.24, 2.45) is 0 Å². The molecule has 2 heterocycles. The number of hydrogen-bond donors (Lipinski definition) is 1. The highest BCUT2D eigenvalue weighted by molar-refractivity contribution is 6.37. The van der Waals surface area contributed by atoms with Crippen molar-refractivity contribution in [1.82, 2.24) is 0 Å². The molecule has 306 valence electrons. The van der Waals surface area contributed by atoms with Crippen molar-refractivity contribution in [3.05, 3.63) is 126 Å². The highest BCUT2D eigenvalue weighted by Gasteiger charge is 2.49. The first-order chi connectivity index (χ1) is 26.6. The first kappa shape index (κ1) is 46.3. The van der Waals surface area contributed by atoms with Crippen molar-refractivity contribution in [3.63, 3.8) is 0 Å². The van der Waals surface area contributed by atoms with Gasteiger partial charge in [0.15, 0.2) is 0 Å². The summed E-state index contributed by atoms with van der Waals surface area (Å²) in [5, 5.41) is 13.9. The molecule has 0 bridgehead atoms. The average Bonchev–Trinajstić information content (AvgIpc) is 3.12. The summed E-state index contributed by atoms with van der Waals surface area (Å²) in [4.78, 5) is 35.6. The van der Waals surface area contributed by atoms with E-state index in [1.807, 2.05) is 72.8 Å². The molecule has 2 aliphatic heterocycles. The lowest BCUT2D eigenvalue weighted by molar-refractivity contribution is -0.221. The predicted octanol–water partition coefficient (Wildman–Crippen LogP) is 12.1. The highest BCUT2D eigenvalue weighted by Crippen LogP contribution is 2.41. The van der Waals surface area contributed by atoms with Crippen LogP contribution in [0.25, 0.3) is 0 Å². The van der Waals surface area contributed by atoms with E-state index in [4.69, 9.17) is 69.6 Å². The second kappa shape index (κ2) is 20.0. The predicted molar refractivity (Wildman–Crippen MR) is 209 cm³/mol. The summed E-state index contributed by atoms with van der Waals surface area (Å²) in [7, 11) is 0. The number of benzene rings is 4. The number of esters is 2. The molecule has 4 aromatic carbocycles. The molecule has 0 amide bonds. The van der Waals surface area contributed by atoms with Crippen LogP contribution in [-0.4, -0.2) is 54.4 Å². The molecule has 2 saturated heterocycles. The molecule has 7 nitrogen and oxygen atoms in total. The van der Waals surface area contributed by atoms with E-state index in [0.717, 1.165) is 35.5 Å². The summed E-state index contributed by atoms with van der Waals surface area (Å²) >= 11 is 36.6. The largest absolute Gasteiger partial charge is 0.491 e. The minimum atomic E-state index is -5.62. The fourth-order valence-corrected chi connectivity index (χ4v) is 7.25. The standard InChI is InChI=1S/C17H16Cl3NO.C17H14Cl3NO.C4F6O3/c2*18-12-3-1-11(2-4-12)17-10-14(22)7-8-21(17)16-6-5-13(19)9-15(16)20;5-3(6,7)1(11)13-2(12)4(8,9)10/h1-6,9,14,17,22H,7-8,10H2;1-6,9,17H,7-8,10H2;. The molecule has 57 heavy (non-hydrogen) atoms. The van der Waals surface area contributed by atoms with Gasteiger partial charge in [0, 0.05) is 46.0 Å². The van der Waals surface area contributed by atoms with Crippen molar-refractivity contribution in [1.29, 1.82) is 0 Å². The summed E-state index contributed by atoms with van der Waals surface area (Å²) in [6, 6.07) is 26.4. The van der Waals surface area contributed by atoms with Crippen LogP contribution in [0.4, 0.5) is 37.7 Å². The van der Waals surface area contributed by atoms with E-state index in [-0.39, 0.29) is 24.0 Å². The minimum absolute atomic E-state index is 0.0304. The Hall–Kier alpha value is -3.43. The Morgan fingerprint density at radius 2 is 1.02 bits per heavy atom. The molecule has 6 rings (SSSR count). The molecule has 0 aliphatic carbocycles. The molecule has 1 N–H and O–H groups in total. The molecular weight excluding hydrogens is 891 g/mol. The molecule has 3 unspecified atom stereocenters. The third kappa shape index (κ3) is 13.3. The van der Waals surface area contributed by atoms with Crippen LogP contribution < -0.4 is 9.80 Å². The number of Topliss-reactive ketones (excluding diaryl/α,β-unsaturated/α-hetero) is 1. The molecule has 19 heteroatoms. The van der Waals surface area contributed by atoms with Crippen molar-refractivity contribution in [2.75, 3.05) is 22.9 Å². The molecule has 3 atom stereocenters.